The largest absolute Gasteiger partial charge is 0.476 e. The summed E-state index contributed by atoms with van der Waals surface area (Å²) in [4.78, 5) is 22.8. The van der Waals surface area contributed by atoms with E-state index in [1.54, 1.807) is 10.9 Å². The third-order valence-electron chi connectivity index (χ3n) is 5.42. The second-order valence-corrected chi connectivity index (χ2v) is 9.19. The molecule has 1 saturated carbocycles. The summed E-state index contributed by atoms with van der Waals surface area (Å²) in [6, 6.07) is 0. The minimum atomic E-state index is -4.11. The Labute approximate surface area is 174 Å². The van der Waals surface area contributed by atoms with Crippen molar-refractivity contribution in [3.05, 3.63) is 6.33 Å². The highest BCUT2D eigenvalue weighted by Gasteiger charge is 2.37. The maximum Gasteiger partial charge on any atom is 0.472 e. The lowest BCUT2D eigenvalue weighted by molar-refractivity contribution is -0.0320. The van der Waals surface area contributed by atoms with Crippen molar-refractivity contribution < 1.29 is 28.0 Å². The second kappa shape index (κ2) is 8.76. The van der Waals surface area contributed by atoms with E-state index in [0.29, 0.717) is 30.1 Å². The Kier molecular flexibility index (Phi) is 6.26. The minimum absolute atomic E-state index is 0.0325. The van der Waals surface area contributed by atoms with E-state index < -0.39 is 7.82 Å². The van der Waals surface area contributed by atoms with Crippen molar-refractivity contribution in [3.8, 4) is 5.88 Å². The van der Waals surface area contributed by atoms with Gasteiger partial charge in [-0.3, -0.25) is 13.6 Å². The lowest BCUT2D eigenvalue weighted by Crippen LogP contribution is -2.18. The van der Waals surface area contributed by atoms with Gasteiger partial charge >= 0.3 is 7.82 Å². The first kappa shape index (κ1) is 21.5. The van der Waals surface area contributed by atoms with Crippen LogP contribution >= 0.6 is 7.82 Å². The standard InChI is InChI=1S/C18H28N5O6P/c1-3-26-16-14-15(21-18(19)22-16)23(10-20-14)17-11(2)8-13(28-17)9-27-30(24,25)29-12-6-4-5-7-12/h10-13,17H,3-9H2,1-2H3,(H,24,25)(H2,19,21,22). The fourth-order valence-electron chi connectivity index (χ4n) is 4.09. The molecule has 1 aliphatic carbocycles. The van der Waals surface area contributed by atoms with Gasteiger partial charge in [0.05, 0.1) is 31.7 Å². The Morgan fingerprint density at radius 1 is 1.37 bits per heavy atom. The molecule has 12 heteroatoms. The molecule has 0 amide bonds. The molecule has 11 nitrogen and oxygen atoms in total. The Morgan fingerprint density at radius 3 is 2.87 bits per heavy atom. The number of anilines is 1. The fraction of sp³-hybridized carbons (Fsp3) is 0.722. The quantitative estimate of drug-likeness (QED) is 0.587. The van der Waals surface area contributed by atoms with Crippen LogP contribution in [0.2, 0.25) is 0 Å². The van der Waals surface area contributed by atoms with Gasteiger partial charge in [-0.05, 0) is 26.2 Å². The van der Waals surface area contributed by atoms with E-state index in [1.165, 1.54) is 0 Å². The first-order chi connectivity index (χ1) is 14.4. The summed E-state index contributed by atoms with van der Waals surface area (Å²) < 4.78 is 36.1. The van der Waals surface area contributed by atoms with Crippen LogP contribution in [0.1, 0.15) is 52.2 Å². The van der Waals surface area contributed by atoms with E-state index in [9.17, 15) is 9.46 Å². The van der Waals surface area contributed by atoms with Crippen LogP contribution in [0.4, 0.5) is 5.95 Å². The van der Waals surface area contributed by atoms with Gasteiger partial charge in [-0.15, -0.1) is 0 Å². The molecule has 2 fully saturated rings. The molecule has 4 rings (SSSR count). The third-order valence-corrected chi connectivity index (χ3v) is 6.46. The average Bonchev–Trinajstić information content (AvgIpc) is 3.40. The first-order valence-electron chi connectivity index (χ1n) is 10.3. The number of phosphoric ester groups is 1. The maximum atomic E-state index is 12.2. The molecule has 0 aromatic carbocycles. The number of fused-ring (bicyclic) bond motifs is 1. The van der Waals surface area contributed by atoms with E-state index in [2.05, 4.69) is 15.0 Å². The van der Waals surface area contributed by atoms with Gasteiger partial charge in [-0.2, -0.15) is 9.97 Å². The van der Waals surface area contributed by atoms with E-state index >= 15 is 0 Å². The molecule has 4 atom stereocenters. The summed E-state index contributed by atoms with van der Waals surface area (Å²) in [6.45, 7) is 4.27. The zero-order chi connectivity index (χ0) is 21.3. The molecule has 30 heavy (non-hydrogen) atoms. The lowest BCUT2D eigenvalue weighted by Gasteiger charge is -2.19. The van der Waals surface area contributed by atoms with Gasteiger partial charge in [-0.1, -0.05) is 19.8 Å². The zero-order valence-corrected chi connectivity index (χ0v) is 18.0. The first-order valence-corrected chi connectivity index (χ1v) is 11.8. The number of rotatable bonds is 8. The van der Waals surface area contributed by atoms with Crippen molar-refractivity contribution in [1.82, 2.24) is 19.5 Å². The lowest BCUT2D eigenvalue weighted by atomic mass is 10.1. The van der Waals surface area contributed by atoms with Crippen LogP contribution in [0, 0.1) is 5.92 Å². The predicted octanol–water partition coefficient (Wildman–Crippen LogP) is 2.81. The molecular weight excluding hydrogens is 413 g/mol. The minimum Gasteiger partial charge on any atom is -0.476 e. The van der Waals surface area contributed by atoms with Crippen LogP contribution in [-0.4, -0.2) is 49.8 Å². The number of ether oxygens (including phenoxy) is 2. The van der Waals surface area contributed by atoms with Crippen molar-refractivity contribution in [2.75, 3.05) is 18.9 Å². The molecule has 166 valence electrons. The van der Waals surface area contributed by atoms with Crippen molar-refractivity contribution in [2.45, 2.75) is 64.4 Å². The van der Waals surface area contributed by atoms with Crippen molar-refractivity contribution >= 4 is 24.9 Å². The number of hydrogen-bond donors (Lipinski definition) is 2. The molecule has 2 aromatic heterocycles. The van der Waals surface area contributed by atoms with Crippen LogP contribution in [0.5, 0.6) is 5.88 Å². The SMILES string of the molecule is CCOc1nc(N)nc2c1ncn2C1OC(COP(=O)(O)OC2CCCC2)CC1C. The Balaban J connectivity index is 1.43. The summed E-state index contributed by atoms with van der Waals surface area (Å²) >= 11 is 0. The number of imidazole rings is 1. The number of phosphoric acid groups is 1. The third kappa shape index (κ3) is 4.60. The van der Waals surface area contributed by atoms with Crippen LogP contribution in [0.15, 0.2) is 6.33 Å². The van der Waals surface area contributed by atoms with Crippen LogP contribution < -0.4 is 10.5 Å². The van der Waals surface area contributed by atoms with Crippen LogP contribution in [-0.2, 0) is 18.3 Å². The summed E-state index contributed by atoms with van der Waals surface area (Å²) in [7, 11) is -4.11. The van der Waals surface area contributed by atoms with Crippen molar-refractivity contribution in [3.63, 3.8) is 0 Å². The van der Waals surface area contributed by atoms with E-state index in [0.717, 1.165) is 25.7 Å². The number of nitrogens with zero attached hydrogens (tertiary/aromatic N) is 4. The zero-order valence-electron chi connectivity index (χ0n) is 17.1. The van der Waals surface area contributed by atoms with Gasteiger partial charge in [0.25, 0.3) is 0 Å². The summed E-state index contributed by atoms with van der Waals surface area (Å²) in [5.74, 6) is 0.509. The molecule has 2 aromatic rings. The molecule has 3 N–H and O–H groups in total. The number of hydrogen-bond acceptors (Lipinski definition) is 9. The Bertz CT molecular complexity index is 933. The van der Waals surface area contributed by atoms with Crippen LogP contribution in [0.25, 0.3) is 11.2 Å². The monoisotopic (exact) mass is 441 g/mol. The molecule has 2 aliphatic rings. The normalized spacial score (nSPS) is 27.0. The smallest absolute Gasteiger partial charge is 0.472 e. The van der Waals surface area contributed by atoms with Gasteiger partial charge in [0.2, 0.25) is 11.8 Å². The average molecular weight is 441 g/mol. The van der Waals surface area contributed by atoms with Gasteiger partial charge in [0, 0.05) is 5.92 Å². The number of nitrogen functional groups attached to an aromatic ring is 1. The molecule has 0 radical (unpaired) electrons. The summed E-state index contributed by atoms with van der Waals surface area (Å²) in [6.07, 6.45) is 4.91. The molecule has 0 bridgehead atoms. The molecule has 3 heterocycles. The highest BCUT2D eigenvalue weighted by molar-refractivity contribution is 7.47. The molecule has 1 saturated heterocycles. The molecule has 1 aliphatic heterocycles. The van der Waals surface area contributed by atoms with Gasteiger partial charge in [0.15, 0.2) is 11.2 Å². The maximum absolute atomic E-state index is 12.2. The second-order valence-electron chi connectivity index (χ2n) is 7.78. The number of nitrogens with two attached hydrogens (primary N) is 1. The summed E-state index contributed by atoms with van der Waals surface area (Å²) in [5.41, 5.74) is 6.85. The predicted molar refractivity (Wildman–Crippen MR) is 108 cm³/mol. The Hall–Kier alpha value is -1.78. The summed E-state index contributed by atoms with van der Waals surface area (Å²) in [5, 5.41) is 0. The fourth-order valence-corrected chi connectivity index (χ4v) is 5.09. The van der Waals surface area contributed by atoms with Gasteiger partial charge in [0.1, 0.15) is 6.23 Å². The van der Waals surface area contributed by atoms with E-state index in [4.69, 9.17) is 24.3 Å². The van der Waals surface area contributed by atoms with Gasteiger partial charge in [-0.25, -0.2) is 9.55 Å². The number of aromatic nitrogens is 4. The van der Waals surface area contributed by atoms with E-state index in [-0.39, 0.29) is 36.9 Å². The molecule has 4 unspecified atom stereocenters. The van der Waals surface area contributed by atoms with Gasteiger partial charge < -0.3 is 20.1 Å². The van der Waals surface area contributed by atoms with E-state index in [1.807, 2.05) is 13.8 Å². The van der Waals surface area contributed by atoms with Crippen molar-refractivity contribution in [1.29, 1.82) is 0 Å². The molecular formula is C18H28N5O6P. The van der Waals surface area contributed by atoms with Crippen LogP contribution in [0.3, 0.4) is 0 Å². The highest BCUT2D eigenvalue weighted by Crippen LogP contribution is 2.48. The van der Waals surface area contributed by atoms with Crippen molar-refractivity contribution in [2.24, 2.45) is 5.92 Å². The molecule has 0 spiro atoms. The Morgan fingerprint density at radius 2 is 2.13 bits per heavy atom. The topological polar surface area (TPSA) is 144 Å². The highest BCUT2D eigenvalue weighted by atomic mass is 31.2.